The van der Waals surface area contributed by atoms with Crippen LogP contribution < -0.4 is 21.3 Å². The monoisotopic (exact) mass is 365 g/mol. The number of amides is 1. The van der Waals surface area contributed by atoms with E-state index in [-0.39, 0.29) is 24.9 Å². The van der Waals surface area contributed by atoms with E-state index in [1.54, 1.807) is 24.3 Å². The van der Waals surface area contributed by atoms with Crippen molar-refractivity contribution in [3.63, 3.8) is 0 Å². The highest BCUT2D eigenvalue weighted by atomic mass is 16.5. The summed E-state index contributed by atoms with van der Waals surface area (Å²) in [4.78, 5) is 38.7. The topological polar surface area (TPSA) is 93.2 Å². The molecule has 1 amide bonds. The minimum atomic E-state index is -0.513. The molecule has 2 aromatic carbocycles. The zero-order valence-electron chi connectivity index (χ0n) is 14.6. The zero-order chi connectivity index (χ0) is 18.8. The summed E-state index contributed by atoms with van der Waals surface area (Å²) in [7, 11) is 0. The summed E-state index contributed by atoms with van der Waals surface area (Å²) in [5, 5.41) is 3.38. The molecule has 0 bridgehead atoms. The van der Waals surface area contributed by atoms with E-state index in [4.69, 9.17) is 4.74 Å². The van der Waals surface area contributed by atoms with Gasteiger partial charge in [-0.2, -0.15) is 0 Å². The maximum Gasteiger partial charge on any atom is 0.328 e. The number of rotatable bonds is 4. The number of carbonyl (C=O) groups excluding carboxylic acids is 1. The molecule has 0 radical (unpaired) electrons. The SMILES string of the molecule is O=C(CCn1c(=O)[nH]c(=O)c2ccccc21)N[C@H]1COc2ccccc2C1. The van der Waals surface area contributed by atoms with Crippen LogP contribution in [0, 0.1) is 0 Å². The van der Waals surface area contributed by atoms with E-state index in [0.29, 0.717) is 23.9 Å². The molecular weight excluding hydrogens is 346 g/mol. The number of nitrogens with zero attached hydrogens (tertiary/aromatic N) is 1. The van der Waals surface area contributed by atoms with E-state index in [1.165, 1.54) is 4.57 Å². The lowest BCUT2D eigenvalue weighted by Crippen LogP contribution is -2.43. The molecule has 1 aliphatic heterocycles. The molecular formula is C20H19N3O4. The van der Waals surface area contributed by atoms with E-state index < -0.39 is 11.2 Å². The van der Waals surface area contributed by atoms with Crippen LogP contribution in [-0.4, -0.2) is 28.1 Å². The second-order valence-corrected chi connectivity index (χ2v) is 6.57. The van der Waals surface area contributed by atoms with Gasteiger partial charge in [0, 0.05) is 13.0 Å². The number of fused-ring (bicyclic) bond motifs is 2. The third-order valence-corrected chi connectivity index (χ3v) is 4.71. The third kappa shape index (κ3) is 3.48. The molecule has 0 fully saturated rings. The van der Waals surface area contributed by atoms with Gasteiger partial charge in [0.25, 0.3) is 5.56 Å². The van der Waals surface area contributed by atoms with Gasteiger partial charge >= 0.3 is 5.69 Å². The molecule has 1 aliphatic rings. The standard InChI is InChI=1S/C20H19N3O4/c24-18(21-14-11-13-5-1-4-8-17(13)27-12-14)9-10-23-16-7-3-2-6-15(16)19(25)22-20(23)26/h1-8,14H,9-12H2,(H,21,24)(H,22,25,26)/t14-/m1/s1. The van der Waals surface area contributed by atoms with Gasteiger partial charge in [0.1, 0.15) is 12.4 Å². The second-order valence-electron chi connectivity index (χ2n) is 6.57. The molecule has 1 atom stereocenters. The molecule has 0 unspecified atom stereocenters. The number of hydrogen-bond donors (Lipinski definition) is 2. The number of aryl methyl sites for hydroxylation is 1. The predicted octanol–water partition coefficient (Wildman–Crippen LogP) is 1.20. The first-order valence-electron chi connectivity index (χ1n) is 8.84. The van der Waals surface area contributed by atoms with Gasteiger partial charge in [0.15, 0.2) is 0 Å². The largest absolute Gasteiger partial charge is 0.491 e. The number of carbonyl (C=O) groups is 1. The van der Waals surface area contributed by atoms with Crippen molar-refractivity contribution in [2.75, 3.05) is 6.61 Å². The summed E-state index contributed by atoms with van der Waals surface area (Å²) in [5.41, 5.74) is 0.654. The Balaban J connectivity index is 1.44. The maximum atomic E-state index is 12.4. The molecule has 0 aliphatic carbocycles. The lowest BCUT2D eigenvalue weighted by molar-refractivity contribution is -0.122. The van der Waals surface area contributed by atoms with Gasteiger partial charge in [-0.15, -0.1) is 0 Å². The van der Waals surface area contributed by atoms with Crippen LogP contribution >= 0.6 is 0 Å². The number of hydrogen-bond acceptors (Lipinski definition) is 4. The molecule has 0 saturated carbocycles. The molecule has 3 aromatic rings. The average molecular weight is 365 g/mol. The Labute approximate surface area is 154 Å². The number of H-pyrrole nitrogens is 1. The van der Waals surface area contributed by atoms with Crippen molar-refractivity contribution in [3.8, 4) is 5.75 Å². The fraction of sp³-hybridized carbons (Fsp3) is 0.250. The van der Waals surface area contributed by atoms with Crippen molar-refractivity contribution in [3.05, 3.63) is 74.9 Å². The number of benzene rings is 2. The first-order chi connectivity index (χ1) is 13.1. The summed E-state index contributed by atoms with van der Waals surface area (Å²) in [6, 6.07) is 14.5. The van der Waals surface area contributed by atoms with Crippen molar-refractivity contribution in [2.24, 2.45) is 0 Å². The Kier molecular flexibility index (Phi) is 4.50. The summed E-state index contributed by atoms with van der Waals surface area (Å²) in [6.45, 7) is 0.608. The van der Waals surface area contributed by atoms with Crippen LogP contribution in [0.25, 0.3) is 10.9 Å². The highest BCUT2D eigenvalue weighted by Gasteiger charge is 2.21. The van der Waals surface area contributed by atoms with Gasteiger partial charge in [-0.05, 0) is 30.2 Å². The molecule has 0 saturated heterocycles. The van der Waals surface area contributed by atoms with Crippen LogP contribution in [0.5, 0.6) is 5.75 Å². The van der Waals surface area contributed by atoms with Gasteiger partial charge in [0.05, 0.1) is 16.9 Å². The number of aromatic amines is 1. The summed E-state index contributed by atoms with van der Waals surface area (Å²) < 4.78 is 7.10. The summed E-state index contributed by atoms with van der Waals surface area (Å²) in [5.74, 6) is 0.694. The number of ether oxygens (including phenoxy) is 1. The normalized spacial score (nSPS) is 15.8. The van der Waals surface area contributed by atoms with Crippen LogP contribution in [-0.2, 0) is 17.8 Å². The molecule has 27 heavy (non-hydrogen) atoms. The third-order valence-electron chi connectivity index (χ3n) is 4.71. The van der Waals surface area contributed by atoms with Crippen molar-refractivity contribution >= 4 is 16.8 Å². The number of para-hydroxylation sites is 2. The van der Waals surface area contributed by atoms with Crippen LogP contribution in [0.15, 0.2) is 58.1 Å². The zero-order valence-corrected chi connectivity index (χ0v) is 14.6. The second kappa shape index (κ2) is 7.11. The molecule has 7 nitrogen and oxygen atoms in total. The van der Waals surface area contributed by atoms with Crippen LogP contribution in [0.2, 0.25) is 0 Å². The van der Waals surface area contributed by atoms with Gasteiger partial charge in [-0.25, -0.2) is 4.79 Å². The van der Waals surface area contributed by atoms with E-state index in [1.807, 2.05) is 24.3 Å². The van der Waals surface area contributed by atoms with Crippen molar-refractivity contribution in [2.45, 2.75) is 25.4 Å². The van der Waals surface area contributed by atoms with Gasteiger partial charge in [-0.1, -0.05) is 30.3 Å². The fourth-order valence-corrected chi connectivity index (χ4v) is 3.40. The molecule has 7 heteroatoms. The van der Waals surface area contributed by atoms with Crippen molar-refractivity contribution in [1.82, 2.24) is 14.9 Å². The highest BCUT2D eigenvalue weighted by molar-refractivity contribution is 5.79. The van der Waals surface area contributed by atoms with E-state index in [2.05, 4.69) is 10.3 Å². The Morgan fingerprint density at radius 1 is 1.15 bits per heavy atom. The quantitative estimate of drug-likeness (QED) is 0.727. The molecule has 0 spiro atoms. The van der Waals surface area contributed by atoms with Gasteiger partial charge in [-0.3, -0.25) is 19.1 Å². The van der Waals surface area contributed by atoms with Crippen LogP contribution in [0.4, 0.5) is 0 Å². The molecule has 2 heterocycles. The lowest BCUT2D eigenvalue weighted by Gasteiger charge is -2.26. The Hall–Kier alpha value is -3.35. The highest BCUT2D eigenvalue weighted by Crippen LogP contribution is 2.23. The fourth-order valence-electron chi connectivity index (χ4n) is 3.40. The summed E-state index contributed by atoms with van der Waals surface area (Å²) >= 11 is 0. The van der Waals surface area contributed by atoms with Crippen molar-refractivity contribution < 1.29 is 9.53 Å². The molecule has 4 rings (SSSR count). The molecule has 1 aromatic heterocycles. The Bertz CT molecular complexity index is 1120. The molecule has 138 valence electrons. The summed E-state index contributed by atoms with van der Waals surface area (Å²) in [6.07, 6.45) is 0.845. The van der Waals surface area contributed by atoms with Crippen LogP contribution in [0.3, 0.4) is 0 Å². The predicted molar refractivity (Wildman–Crippen MR) is 101 cm³/mol. The smallest absolute Gasteiger partial charge is 0.328 e. The molecule has 2 N–H and O–H groups in total. The minimum Gasteiger partial charge on any atom is -0.491 e. The van der Waals surface area contributed by atoms with Gasteiger partial charge in [0.2, 0.25) is 5.91 Å². The van der Waals surface area contributed by atoms with E-state index in [0.717, 1.165) is 11.3 Å². The first kappa shape index (κ1) is 17.1. The maximum absolute atomic E-state index is 12.4. The average Bonchev–Trinajstić information content (AvgIpc) is 2.68. The minimum absolute atomic E-state index is 0.101. The number of aromatic nitrogens is 2. The van der Waals surface area contributed by atoms with Crippen molar-refractivity contribution in [1.29, 1.82) is 0 Å². The Morgan fingerprint density at radius 3 is 2.81 bits per heavy atom. The van der Waals surface area contributed by atoms with E-state index in [9.17, 15) is 14.4 Å². The van der Waals surface area contributed by atoms with E-state index >= 15 is 0 Å². The Morgan fingerprint density at radius 2 is 1.93 bits per heavy atom. The first-order valence-corrected chi connectivity index (χ1v) is 8.84. The number of nitrogens with one attached hydrogen (secondary N) is 2. The lowest BCUT2D eigenvalue weighted by atomic mass is 10.0. The van der Waals surface area contributed by atoms with Gasteiger partial charge < -0.3 is 10.1 Å². The van der Waals surface area contributed by atoms with Crippen LogP contribution in [0.1, 0.15) is 12.0 Å².